The first-order chi connectivity index (χ1) is 11.0. The van der Waals surface area contributed by atoms with Gasteiger partial charge in [0.25, 0.3) is 0 Å². The van der Waals surface area contributed by atoms with Crippen LogP contribution in [0.2, 0.25) is 0 Å². The molecule has 1 aromatic carbocycles. The minimum absolute atomic E-state index is 0.172. The van der Waals surface area contributed by atoms with Crippen molar-refractivity contribution >= 4 is 17.8 Å². The van der Waals surface area contributed by atoms with Crippen molar-refractivity contribution in [2.75, 3.05) is 13.2 Å². The van der Waals surface area contributed by atoms with E-state index in [4.69, 9.17) is 4.74 Å². The van der Waals surface area contributed by atoms with Gasteiger partial charge >= 0.3 is 12.1 Å². The minimum atomic E-state index is -0.991. The van der Waals surface area contributed by atoms with Gasteiger partial charge in [0.1, 0.15) is 12.2 Å². The fourth-order valence-electron chi connectivity index (χ4n) is 2.98. The molecule has 1 saturated heterocycles. The molecular weight excluding hydrogens is 298 g/mol. The third kappa shape index (κ3) is 4.31. The monoisotopic (exact) mass is 319 g/mol. The molecule has 1 N–H and O–H groups in total. The zero-order chi connectivity index (χ0) is 16.8. The first-order valence-corrected chi connectivity index (χ1v) is 7.75. The molecule has 1 amide bonds. The van der Waals surface area contributed by atoms with Crippen molar-refractivity contribution < 1.29 is 24.2 Å². The largest absolute Gasteiger partial charge is 0.466 e. The molecule has 6 heteroatoms. The molecule has 0 unspecified atom stereocenters. The van der Waals surface area contributed by atoms with Gasteiger partial charge in [0.15, 0.2) is 0 Å². The predicted octanol–water partition coefficient (Wildman–Crippen LogP) is 2.64. The highest BCUT2D eigenvalue weighted by molar-refractivity contribution is 5.96. The van der Waals surface area contributed by atoms with Gasteiger partial charge in [-0.2, -0.15) is 0 Å². The van der Waals surface area contributed by atoms with Crippen LogP contribution in [0.4, 0.5) is 4.79 Å². The number of carbonyl (C=O) groups excluding carboxylic acids is 2. The SMILES string of the molecule is CCOC(=O)CC(=O)[C@@H]1CCN(C(=O)O)[C@@H](c2ccccc2)C1. The summed E-state index contributed by atoms with van der Waals surface area (Å²) in [5.41, 5.74) is 0.864. The van der Waals surface area contributed by atoms with Crippen LogP contribution in [0.5, 0.6) is 0 Å². The lowest BCUT2D eigenvalue weighted by molar-refractivity contribution is -0.146. The second-order valence-electron chi connectivity index (χ2n) is 5.57. The van der Waals surface area contributed by atoms with Gasteiger partial charge in [0.2, 0.25) is 0 Å². The number of nitrogens with zero attached hydrogens (tertiary/aromatic N) is 1. The number of piperidine rings is 1. The first-order valence-electron chi connectivity index (χ1n) is 7.75. The van der Waals surface area contributed by atoms with Crippen molar-refractivity contribution in [3.63, 3.8) is 0 Å². The van der Waals surface area contributed by atoms with Gasteiger partial charge in [-0.1, -0.05) is 30.3 Å². The summed E-state index contributed by atoms with van der Waals surface area (Å²) in [5.74, 6) is -1.01. The molecule has 0 bridgehead atoms. The smallest absolute Gasteiger partial charge is 0.407 e. The Balaban J connectivity index is 2.10. The molecule has 23 heavy (non-hydrogen) atoms. The summed E-state index contributed by atoms with van der Waals surface area (Å²) in [7, 11) is 0. The number of carboxylic acid groups (broad SMARTS) is 1. The van der Waals surface area contributed by atoms with Gasteiger partial charge in [0.05, 0.1) is 12.6 Å². The van der Waals surface area contributed by atoms with Gasteiger partial charge in [-0.3, -0.25) is 9.59 Å². The first kappa shape index (κ1) is 17.0. The second kappa shape index (κ2) is 7.76. The molecule has 0 radical (unpaired) electrons. The van der Waals surface area contributed by atoms with E-state index in [0.717, 1.165) is 5.56 Å². The van der Waals surface area contributed by atoms with Crippen molar-refractivity contribution in [2.24, 2.45) is 5.92 Å². The normalized spacial score (nSPS) is 20.8. The highest BCUT2D eigenvalue weighted by Gasteiger charge is 2.35. The molecule has 0 saturated carbocycles. The highest BCUT2D eigenvalue weighted by Crippen LogP contribution is 2.35. The Morgan fingerprint density at radius 2 is 1.96 bits per heavy atom. The Bertz CT molecular complexity index is 572. The molecule has 0 spiro atoms. The fourth-order valence-corrected chi connectivity index (χ4v) is 2.98. The number of esters is 1. The molecule has 1 heterocycles. The summed E-state index contributed by atoms with van der Waals surface area (Å²) in [6, 6.07) is 8.91. The predicted molar refractivity (Wildman–Crippen MR) is 82.9 cm³/mol. The topological polar surface area (TPSA) is 83.9 Å². The standard InChI is InChI=1S/C17H21NO5/c1-2-23-16(20)11-15(19)13-8-9-18(17(21)22)14(10-13)12-6-4-3-5-7-12/h3-7,13-14H,2,8-11H2,1H3,(H,21,22)/t13-,14-/m1/s1. The molecule has 0 aromatic heterocycles. The minimum Gasteiger partial charge on any atom is -0.466 e. The molecule has 6 nitrogen and oxygen atoms in total. The number of likely N-dealkylation sites (tertiary alicyclic amines) is 1. The number of ketones is 1. The zero-order valence-electron chi connectivity index (χ0n) is 13.1. The van der Waals surface area contributed by atoms with Crippen LogP contribution < -0.4 is 0 Å². The van der Waals surface area contributed by atoms with Crippen LogP contribution in [0.15, 0.2) is 30.3 Å². The van der Waals surface area contributed by atoms with Crippen LogP contribution >= 0.6 is 0 Å². The fraction of sp³-hybridized carbons (Fsp3) is 0.471. The van der Waals surface area contributed by atoms with Crippen molar-refractivity contribution in [2.45, 2.75) is 32.2 Å². The molecule has 2 rings (SSSR count). The summed E-state index contributed by atoms with van der Waals surface area (Å²) < 4.78 is 4.81. The molecule has 1 aliphatic heterocycles. The van der Waals surface area contributed by atoms with E-state index in [9.17, 15) is 19.5 Å². The maximum atomic E-state index is 12.3. The van der Waals surface area contributed by atoms with Crippen LogP contribution in [-0.2, 0) is 14.3 Å². The van der Waals surface area contributed by atoms with E-state index in [-0.39, 0.29) is 37.3 Å². The maximum Gasteiger partial charge on any atom is 0.407 e. The Morgan fingerprint density at radius 3 is 2.57 bits per heavy atom. The molecular formula is C17H21NO5. The van der Waals surface area contributed by atoms with Crippen LogP contribution in [0, 0.1) is 5.92 Å². The van der Waals surface area contributed by atoms with E-state index in [1.54, 1.807) is 6.92 Å². The number of Topliss-reactive ketones (excluding diaryl/α,β-unsaturated/α-hetero) is 1. The number of rotatable bonds is 5. The third-order valence-electron chi connectivity index (χ3n) is 4.11. The maximum absolute atomic E-state index is 12.3. The van der Waals surface area contributed by atoms with E-state index in [1.165, 1.54) is 4.90 Å². The average Bonchev–Trinajstić information content (AvgIpc) is 2.55. The average molecular weight is 319 g/mol. The molecule has 2 atom stereocenters. The zero-order valence-corrected chi connectivity index (χ0v) is 13.1. The lowest BCUT2D eigenvalue weighted by Gasteiger charge is -2.37. The summed E-state index contributed by atoms with van der Waals surface area (Å²) in [4.78, 5) is 36.6. The van der Waals surface area contributed by atoms with E-state index >= 15 is 0 Å². The number of carbonyl (C=O) groups is 3. The van der Waals surface area contributed by atoms with E-state index in [2.05, 4.69) is 0 Å². The van der Waals surface area contributed by atoms with Gasteiger partial charge < -0.3 is 14.7 Å². The van der Waals surface area contributed by atoms with Gasteiger partial charge in [-0.25, -0.2) is 4.79 Å². The van der Waals surface area contributed by atoms with E-state index < -0.39 is 12.1 Å². The number of hydrogen-bond acceptors (Lipinski definition) is 4. The third-order valence-corrected chi connectivity index (χ3v) is 4.11. The Morgan fingerprint density at radius 1 is 1.26 bits per heavy atom. The molecule has 1 fully saturated rings. The quantitative estimate of drug-likeness (QED) is 0.666. The Kier molecular flexibility index (Phi) is 5.73. The van der Waals surface area contributed by atoms with Gasteiger partial charge in [-0.15, -0.1) is 0 Å². The molecule has 0 aliphatic carbocycles. The molecule has 1 aliphatic rings. The van der Waals surface area contributed by atoms with Crippen LogP contribution in [0.25, 0.3) is 0 Å². The van der Waals surface area contributed by atoms with Crippen LogP contribution in [0.1, 0.15) is 37.8 Å². The van der Waals surface area contributed by atoms with Crippen molar-refractivity contribution in [3.8, 4) is 0 Å². The van der Waals surface area contributed by atoms with Gasteiger partial charge in [0, 0.05) is 12.5 Å². The van der Waals surface area contributed by atoms with Crippen LogP contribution in [-0.4, -0.2) is 41.0 Å². The summed E-state index contributed by atoms with van der Waals surface area (Å²) >= 11 is 0. The highest BCUT2D eigenvalue weighted by atomic mass is 16.5. The Hall–Kier alpha value is -2.37. The van der Waals surface area contributed by atoms with Crippen molar-refractivity contribution in [1.82, 2.24) is 4.90 Å². The summed E-state index contributed by atoms with van der Waals surface area (Å²) in [5, 5.41) is 9.38. The summed E-state index contributed by atoms with van der Waals surface area (Å²) in [6.07, 6.45) is -0.398. The number of ether oxygens (including phenoxy) is 1. The summed E-state index contributed by atoms with van der Waals surface area (Å²) in [6.45, 7) is 2.23. The van der Waals surface area contributed by atoms with Crippen molar-refractivity contribution in [1.29, 1.82) is 0 Å². The van der Waals surface area contributed by atoms with Crippen LogP contribution in [0.3, 0.4) is 0 Å². The number of benzene rings is 1. The lowest BCUT2D eigenvalue weighted by Crippen LogP contribution is -2.42. The van der Waals surface area contributed by atoms with E-state index in [0.29, 0.717) is 12.8 Å². The molecule has 124 valence electrons. The van der Waals surface area contributed by atoms with Gasteiger partial charge in [-0.05, 0) is 25.3 Å². The van der Waals surface area contributed by atoms with E-state index in [1.807, 2.05) is 30.3 Å². The Labute approximate surface area is 135 Å². The molecule has 1 aromatic rings. The number of amides is 1. The second-order valence-corrected chi connectivity index (χ2v) is 5.57. The van der Waals surface area contributed by atoms with Crippen molar-refractivity contribution in [3.05, 3.63) is 35.9 Å². The number of hydrogen-bond donors (Lipinski definition) is 1. The lowest BCUT2D eigenvalue weighted by atomic mass is 9.84.